The molecular formula is C19H14N6. The highest BCUT2D eigenvalue weighted by Gasteiger charge is 2.15. The maximum Gasteiger partial charge on any atom is 0.166 e. The molecule has 0 bridgehead atoms. The molecule has 0 radical (unpaired) electrons. The van der Waals surface area contributed by atoms with E-state index in [1.54, 1.807) is 10.7 Å². The summed E-state index contributed by atoms with van der Waals surface area (Å²) in [5, 5.41) is 5.57. The highest BCUT2D eigenvalue weighted by Crippen LogP contribution is 2.29. The Morgan fingerprint density at radius 2 is 1.96 bits per heavy atom. The number of aromatic nitrogens is 5. The number of H-pyrrole nitrogens is 1. The van der Waals surface area contributed by atoms with Crippen molar-refractivity contribution in [3.05, 3.63) is 67.3 Å². The summed E-state index contributed by atoms with van der Waals surface area (Å²) in [6, 6.07) is 14.0. The number of benzene rings is 1. The van der Waals surface area contributed by atoms with Crippen molar-refractivity contribution in [2.75, 3.05) is 5.73 Å². The van der Waals surface area contributed by atoms with Gasteiger partial charge < -0.3 is 10.7 Å². The minimum Gasteiger partial charge on any atom is -0.382 e. The van der Waals surface area contributed by atoms with Gasteiger partial charge in [-0.25, -0.2) is 9.50 Å². The second kappa shape index (κ2) is 5.17. The zero-order valence-corrected chi connectivity index (χ0v) is 13.2. The van der Waals surface area contributed by atoms with E-state index in [1.165, 1.54) is 0 Å². The monoisotopic (exact) mass is 326 g/mol. The van der Waals surface area contributed by atoms with Crippen LogP contribution in [0.4, 0.5) is 5.82 Å². The predicted octanol–water partition coefficient (Wildman–Crippen LogP) is 3.52. The Morgan fingerprint density at radius 3 is 2.84 bits per heavy atom. The van der Waals surface area contributed by atoms with Gasteiger partial charge in [-0.15, -0.1) is 5.10 Å². The van der Waals surface area contributed by atoms with E-state index < -0.39 is 0 Å². The first-order valence-electron chi connectivity index (χ1n) is 7.92. The van der Waals surface area contributed by atoms with Crippen LogP contribution in [0, 0.1) is 0 Å². The summed E-state index contributed by atoms with van der Waals surface area (Å²) in [6.07, 6.45) is 7.46. The molecule has 0 spiro atoms. The molecule has 0 aliphatic heterocycles. The van der Waals surface area contributed by atoms with Gasteiger partial charge >= 0.3 is 0 Å². The fourth-order valence-electron chi connectivity index (χ4n) is 3.09. The van der Waals surface area contributed by atoms with Crippen LogP contribution in [0.2, 0.25) is 0 Å². The van der Waals surface area contributed by atoms with Crippen LogP contribution >= 0.6 is 0 Å². The first kappa shape index (κ1) is 13.7. The van der Waals surface area contributed by atoms with Gasteiger partial charge in [0.1, 0.15) is 0 Å². The number of nitrogens with two attached hydrogens (primary N) is 1. The molecule has 25 heavy (non-hydrogen) atoms. The summed E-state index contributed by atoms with van der Waals surface area (Å²) in [6.45, 7) is 0. The Hall–Kier alpha value is -3.67. The number of hydrogen-bond donors (Lipinski definition) is 2. The summed E-state index contributed by atoms with van der Waals surface area (Å²) in [7, 11) is 0. The van der Waals surface area contributed by atoms with Crippen LogP contribution in [0.25, 0.3) is 38.9 Å². The SMILES string of the molecule is Nc1nn2cc(-c3ccc4[nH]ccc4c3)cnc2c1-c1ccccn1. The second-order valence-electron chi connectivity index (χ2n) is 5.87. The average Bonchev–Trinajstić information content (AvgIpc) is 3.24. The van der Waals surface area contributed by atoms with Gasteiger partial charge in [-0.05, 0) is 41.3 Å². The zero-order valence-electron chi connectivity index (χ0n) is 13.2. The van der Waals surface area contributed by atoms with Gasteiger partial charge in [0, 0.05) is 35.9 Å². The molecule has 6 nitrogen and oxygen atoms in total. The van der Waals surface area contributed by atoms with E-state index in [1.807, 2.05) is 36.8 Å². The lowest BCUT2D eigenvalue weighted by Gasteiger charge is -2.03. The predicted molar refractivity (Wildman–Crippen MR) is 97.9 cm³/mol. The molecule has 0 unspecified atom stereocenters. The summed E-state index contributed by atoms with van der Waals surface area (Å²) in [5.41, 5.74) is 11.5. The van der Waals surface area contributed by atoms with E-state index in [0.717, 1.165) is 33.3 Å². The molecule has 4 aromatic heterocycles. The summed E-state index contributed by atoms with van der Waals surface area (Å²) >= 11 is 0. The van der Waals surface area contributed by atoms with E-state index in [9.17, 15) is 0 Å². The van der Waals surface area contributed by atoms with Gasteiger partial charge in [0.05, 0.1) is 11.3 Å². The molecule has 0 fully saturated rings. The van der Waals surface area contributed by atoms with E-state index in [4.69, 9.17) is 5.73 Å². The number of rotatable bonds is 2. The number of anilines is 1. The van der Waals surface area contributed by atoms with Crippen molar-refractivity contribution in [3.63, 3.8) is 0 Å². The standard InChI is InChI=1S/C19H14N6/c20-18-17(16-3-1-2-7-21-16)19-23-10-14(11-25(19)24-18)12-4-5-15-13(9-12)6-8-22-15/h1-11,22H,(H2,20,24). The lowest BCUT2D eigenvalue weighted by Crippen LogP contribution is -1.92. The molecule has 1 aromatic carbocycles. The molecule has 5 rings (SSSR count). The molecule has 5 aromatic rings. The van der Waals surface area contributed by atoms with Gasteiger partial charge in [0.15, 0.2) is 11.5 Å². The summed E-state index contributed by atoms with van der Waals surface area (Å²) < 4.78 is 1.72. The number of nitrogens with one attached hydrogen (secondary N) is 1. The molecule has 3 N–H and O–H groups in total. The van der Waals surface area contributed by atoms with E-state index in [2.05, 4.69) is 44.3 Å². The minimum atomic E-state index is 0.421. The highest BCUT2D eigenvalue weighted by atomic mass is 15.3. The fraction of sp³-hybridized carbons (Fsp3) is 0. The van der Waals surface area contributed by atoms with Crippen LogP contribution in [0.3, 0.4) is 0 Å². The van der Waals surface area contributed by atoms with Crippen LogP contribution in [0.5, 0.6) is 0 Å². The van der Waals surface area contributed by atoms with Gasteiger partial charge in [0.25, 0.3) is 0 Å². The largest absolute Gasteiger partial charge is 0.382 e. The van der Waals surface area contributed by atoms with Crippen LogP contribution in [0.15, 0.2) is 67.3 Å². The summed E-state index contributed by atoms with van der Waals surface area (Å²) in [4.78, 5) is 12.2. The molecule has 6 heteroatoms. The first-order valence-corrected chi connectivity index (χ1v) is 7.92. The van der Waals surface area contributed by atoms with Crippen molar-refractivity contribution in [3.8, 4) is 22.4 Å². The smallest absolute Gasteiger partial charge is 0.166 e. The number of nitrogens with zero attached hydrogens (tertiary/aromatic N) is 4. The van der Waals surface area contributed by atoms with Gasteiger partial charge in [-0.2, -0.15) is 0 Å². The lowest BCUT2D eigenvalue weighted by molar-refractivity contribution is 0.947. The lowest BCUT2D eigenvalue weighted by atomic mass is 10.1. The number of nitrogen functional groups attached to an aromatic ring is 1. The molecule has 120 valence electrons. The van der Waals surface area contributed by atoms with Gasteiger partial charge in [0.2, 0.25) is 0 Å². The number of hydrogen-bond acceptors (Lipinski definition) is 4. The van der Waals surface area contributed by atoms with Crippen molar-refractivity contribution in [2.24, 2.45) is 0 Å². The zero-order chi connectivity index (χ0) is 16.8. The maximum atomic E-state index is 6.12. The van der Waals surface area contributed by atoms with Crippen molar-refractivity contribution in [1.29, 1.82) is 0 Å². The third-order valence-electron chi connectivity index (χ3n) is 4.31. The second-order valence-corrected chi connectivity index (χ2v) is 5.87. The number of fused-ring (bicyclic) bond motifs is 2. The van der Waals surface area contributed by atoms with Crippen LogP contribution in [-0.2, 0) is 0 Å². The van der Waals surface area contributed by atoms with Crippen LogP contribution in [-0.4, -0.2) is 24.6 Å². The van der Waals surface area contributed by atoms with Gasteiger partial charge in [-0.1, -0.05) is 12.1 Å². The number of pyridine rings is 1. The number of aromatic amines is 1. The average molecular weight is 326 g/mol. The Labute approximate surface area is 143 Å². The van der Waals surface area contributed by atoms with Crippen molar-refractivity contribution in [2.45, 2.75) is 0 Å². The van der Waals surface area contributed by atoms with Gasteiger partial charge in [-0.3, -0.25) is 4.98 Å². The van der Waals surface area contributed by atoms with Crippen LogP contribution in [0.1, 0.15) is 0 Å². The van der Waals surface area contributed by atoms with E-state index in [-0.39, 0.29) is 0 Å². The topological polar surface area (TPSA) is 84.9 Å². The maximum absolute atomic E-state index is 6.12. The third kappa shape index (κ3) is 2.15. The molecule has 0 aliphatic carbocycles. The Kier molecular flexibility index (Phi) is 2.84. The Balaban J connectivity index is 1.67. The minimum absolute atomic E-state index is 0.421. The first-order chi connectivity index (χ1) is 12.3. The summed E-state index contributed by atoms with van der Waals surface area (Å²) in [5.74, 6) is 0.421. The van der Waals surface area contributed by atoms with Crippen molar-refractivity contribution in [1.82, 2.24) is 24.6 Å². The molecule has 0 saturated carbocycles. The van der Waals surface area contributed by atoms with E-state index >= 15 is 0 Å². The van der Waals surface area contributed by atoms with Crippen molar-refractivity contribution < 1.29 is 0 Å². The van der Waals surface area contributed by atoms with Crippen LogP contribution < -0.4 is 5.73 Å². The fourth-order valence-corrected chi connectivity index (χ4v) is 3.09. The quantitative estimate of drug-likeness (QED) is 0.520. The van der Waals surface area contributed by atoms with E-state index in [0.29, 0.717) is 11.5 Å². The Morgan fingerprint density at radius 1 is 1.00 bits per heavy atom. The highest BCUT2D eigenvalue weighted by molar-refractivity contribution is 5.86. The molecule has 0 atom stereocenters. The molecular weight excluding hydrogens is 312 g/mol. The molecule has 0 saturated heterocycles. The molecule has 0 amide bonds. The molecule has 4 heterocycles. The normalized spacial score (nSPS) is 11.4. The third-order valence-corrected chi connectivity index (χ3v) is 4.31. The Bertz CT molecular complexity index is 1200. The molecule has 0 aliphatic rings. The van der Waals surface area contributed by atoms with Crippen molar-refractivity contribution >= 4 is 22.4 Å².